The number of hydrogen-bond acceptors (Lipinski definition) is 5. The van der Waals surface area contributed by atoms with E-state index >= 15 is 0 Å². The van der Waals surface area contributed by atoms with Gasteiger partial charge in [0.2, 0.25) is 10.0 Å². The second kappa shape index (κ2) is 6.93. The van der Waals surface area contributed by atoms with Gasteiger partial charge >= 0.3 is 0 Å². The van der Waals surface area contributed by atoms with Crippen molar-refractivity contribution < 1.29 is 17.7 Å². The van der Waals surface area contributed by atoms with Gasteiger partial charge in [0.15, 0.2) is 5.69 Å². The molecule has 0 bridgehead atoms. The predicted octanol–water partition coefficient (Wildman–Crippen LogP) is 1.31. The molecule has 0 fully saturated rings. The Labute approximate surface area is 135 Å². The highest BCUT2D eigenvalue weighted by molar-refractivity contribution is 7.89. The monoisotopic (exact) mass is 337 g/mol. The molecule has 2 N–H and O–H groups in total. The Morgan fingerprint density at radius 2 is 1.91 bits per heavy atom. The van der Waals surface area contributed by atoms with Crippen LogP contribution in [-0.4, -0.2) is 32.6 Å². The first kappa shape index (κ1) is 17.2. The van der Waals surface area contributed by atoms with E-state index in [-0.39, 0.29) is 23.7 Å². The molecule has 1 amide bonds. The van der Waals surface area contributed by atoms with Gasteiger partial charge in [-0.15, -0.1) is 0 Å². The van der Waals surface area contributed by atoms with Crippen LogP contribution in [0, 0.1) is 20.8 Å². The number of carbonyl (C=O) groups is 1. The van der Waals surface area contributed by atoms with Crippen LogP contribution < -0.4 is 10.0 Å². The molecule has 7 nitrogen and oxygen atoms in total. The van der Waals surface area contributed by atoms with Crippen molar-refractivity contribution in [2.75, 3.05) is 13.1 Å². The molecule has 0 saturated carbocycles. The van der Waals surface area contributed by atoms with Gasteiger partial charge in [-0.05, 0) is 38.0 Å². The van der Waals surface area contributed by atoms with E-state index in [0.29, 0.717) is 11.3 Å². The lowest BCUT2D eigenvalue weighted by molar-refractivity contribution is 0.0945. The van der Waals surface area contributed by atoms with Gasteiger partial charge < -0.3 is 9.84 Å². The number of nitrogens with zero attached hydrogens (tertiary/aromatic N) is 1. The fourth-order valence-corrected chi connectivity index (χ4v) is 3.36. The smallest absolute Gasteiger partial charge is 0.273 e. The van der Waals surface area contributed by atoms with Crippen LogP contribution in [0.2, 0.25) is 0 Å². The maximum absolute atomic E-state index is 12.3. The van der Waals surface area contributed by atoms with Crippen molar-refractivity contribution in [3.05, 3.63) is 46.8 Å². The van der Waals surface area contributed by atoms with Gasteiger partial charge in [0.05, 0.1) is 4.90 Å². The third kappa shape index (κ3) is 4.40. The molecule has 1 aromatic carbocycles. The molecule has 1 heterocycles. The molecular weight excluding hydrogens is 318 g/mol. The summed E-state index contributed by atoms with van der Waals surface area (Å²) >= 11 is 0. The summed E-state index contributed by atoms with van der Waals surface area (Å²) < 4.78 is 31.8. The minimum Gasteiger partial charge on any atom is -0.361 e. The highest BCUT2D eigenvalue weighted by atomic mass is 32.2. The first-order chi connectivity index (χ1) is 10.8. The van der Waals surface area contributed by atoms with E-state index in [1.165, 1.54) is 6.07 Å². The summed E-state index contributed by atoms with van der Waals surface area (Å²) in [5, 5.41) is 6.16. The zero-order valence-corrected chi connectivity index (χ0v) is 14.0. The maximum atomic E-state index is 12.3. The fourth-order valence-electron chi connectivity index (χ4n) is 2.00. The van der Waals surface area contributed by atoms with Crippen LogP contribution in [0.5, 0.6) is 0 Å². The van der Waals surface area contributed by atoms with Gasteiger partial charge in [-0.3, -0.25) is 4.79 Å². The third-order valence-electron chi connectivity index (χ3n) is 3.20. The van der Waals surface area contributed by atoms with Crippen molar-refractivity contribution in [3.63, 3.8) is 0 Å². The summed E-state index contributed by atoms with van der Waals surface area (Å²) in [5.41, 5.74) is 1.70. The molecule has 0 aliphatic carbocycles. The van der Waals surface area contributed by atoms with Crippen LogP contribution in [0.3, 0.4) is 0 Å². The molecule has 0 aliphatic rings. The van der Waals surface area contributed by atoms with Crippen molar-refractivity contribution in [1.29, 1.82) is 0 Å². The number of hydrogen-bond donors (Lipinski definition) is 2. The summed E-state index contributed by atoms with van der Waals surface area (Å²) in [5.74, 6) is 0.124. The lowest BCUT2D eigenvalue weighted by Crippen LogP contribution is -2.35. The highest BCUT2D eigenvalue weighted by Gasteiger charge is 2.16. The highest BCUT2D eigenvalue weighted by Crippen LogP contribution is 2.16. The summed E-state index contributed by atoms with van der Waals surface area (Å²) in [6.07, 6.45) is 0. The fraction of sp³-hybridized carbons (Fsp3) is 0.333. The molecule has 0 aliphatic heterocycles. The SMILES string of the molecule is Cc1ccc(C)c(S(=O)(=O)NCCNC(=O)c2cc(C)on2)c1. The number of sulfonamides is 1. The predicted molar refractivity (Wildman–Crippen MR) is 84.7 cm³/mol. The zero-order chi connectivity index (χ0) is 17.0. The molecule has 23 heavy (non-hydrogen) atoms. The van der Waals surface area contributed by atoms with Gasteiger partial charge in [-0.2, -0.15) is 0 Å². The Morgan fingerprint density at radius 3 is 2.57 bits per heavy atom. The Hall–Kier alpha value is -2.19. The van der Waals surface area contributed by atoms with Crippen LogP contribution >= 0.6 is 0 Å². The Balaban J connectivity index is 1.90. The summed E-state index contributed by atoms with van der Waals surface area (Å²) in [6.45, 7) is 5.48. The standard InChI is InChI=1S/C15H19N3O4S/c1-10-4-5-11(2)14(8-10)23(20,21)17-7-6-16-15(19)13-9-12(3)22-18-13/h4-5,8-9,17H,6-7H2,1-3H3,(H,16,19). The molecule has 0 unspecified atom stereocenters. The van der Waals surface area contributed by atoms with Gasteiger partial charge in [0.25, 0.3) is 5.91 Å². The molecule has 124 valence electrons. The minimum atomic E-state index is -3.61. The van der Waals surface area contributed by atoms with Crippen LogP contribution in [0.15, 0.2) is 33.7 Å². The first-order valence-corrected chi connectivity index (χ1v) is 8.56. The molecule has 0 spiro atoms. The minimum absolute atomic E-state index is 0.0816. The lowest BCUT2D eigenvalue weighted by Gasteiger charge is -2.10. The van der Waals surface area contributed by atoms with Crippen LogP contribution in [0.1, 0.15) is 27.4 Å². The number of amides is 1. The third-order valence-corrected chi connectivity index (χ3v) is 4.80. The van der Waals surface area contributed by atoms with Gasteiger partial charge in [-0.25, -0.2) is 13.1 Å². The van der Waals surface area contributed by atoms with Gasteiger partial charge in [0.1, 0.15) is 5.76 Å². The first-order valence-electron chi connectivity index (χ1n) is 7.08. The second-order valence-electron chi connectivity index (χ2n) is 5.25. The number of nitrogens with one attached hydrogen (secondary N) is 2. The van der Waals surface area contributed by atoms with Crippen molar-refractivity contribution in [1.82, 2.24) is 15.2 Å². The normalized spacial score (nSPS) is 11.4. The summed E-state index contributed by atoms with van der Waals surface area (Å²) in [7, 11) is -3.61. The Morgan fingerprint density at radius 1 is 1.17 bits per heavy atom. The lowest BCUT2D eigenvalue weighted by atomic mass is 10.2. The second-order valence-corrected chi connectivity index (χ2v) is 6.98. The van der Waals surface area contributed by atoms with Crippen molar-refractivity contribution >= 4 is 15.9 Å². The molecular formula is C15H19N3O4S. The van der Waals surface area contributed by atoms with Crippen molar-refractivity contribution in [2.24, 2.45) is 0 Å². The van der Waals surface area contributed by atoms with Gasteiger partial charge in [-0.1, -0.05) is 17.3 Å². The molecule has 2 rings (SSSR count). The Bertz CT molecular complexity index is 812. The van der Waals surface area contributed by atoms with E-state index in [0.717, 1.165) is 5.56 Å². The topological polar surface area (TPSA) is 101 Å². The van der Waals surface area contributed by atoms with Crippen molar-refractivity contribution in [3.8, 4) is 0 Å². The molecule has 2 aromatic rings. The quantitative estimate of drug-likeness (QED) is 0.774. The maximum Gasteiger partial charge on any atom is 0.273 e. The summed E-state index contributed by atoms with van der Waals surface area (Å²) in [4.78, 5) is 12.0. The van der Waals surface area contributed by atoms with Gasteiger partial charge in [0, 0.05) is 19.2 Å². The molecule has 0 atom stereocenters. The largest absolute Gasteiger partial charge is 0.361 e. The average Bonchev–Trinajstić information content (AvgIpc) is 2.92. The molecule has 8 heteroatoms. The summed E-state index contributed by atoms with van der Waals surface area (Å²) in [6, 6.07) is 6.75. The average molecular weight is 337 g/mol. The molecule has 0 saturated heterocycles. The van der Waals surface area contributed by atoms with Crippen LogP contribution in [0.25, 0.3) is 0 Å². The van der Waals surface area contributed by atoms with Crippen LogP contribution in [-0.2, 0) is 10.0 Å². The zero-order valence-electron chi connectivity index (χ0n) is 13.2. The van der Waals surface area contributed by atoms with E-state index in [9.17, 15) is 13.2 Å². The van der Waals surface area contributed by atoms with E-state index < -0.39 is 15.9 Å². The number of aryl methyl sites for hydroxylation is 3. The van der Waals surface area contributed by atoms with E-state index in [2.05, 4.69) is 15.2 Å². The number of carbonyl (C=O) groups excluding carboxylic acids is 1. The number of aromatic nitrogens is 1. The Kier molecular flexibility index (Phi) is 5.17. The van der Waals surface area contributed by atoms with E-state index in [1.807, 2.05) is 13.0 Å². The van der Waals surface area contributed by atoms with E-state index in [4.69, 9.17) is 4.52 Å². The van der Waals surface area contributed by atoms with Crippen molar-refractivity contribution in [2.45, 2.75) is 25.7 Å². The molecule has 0 radical (unpaired) electrons. The number of benzene rings is 1. The molecule has 1 aromatic heterocycles. The van der Waals surface area contributed by atoms with E-state index in [1.54, 1.807) is 26.0 Å². The van der Waals surface area contributed by atoms with Crippen LogP contribution in [0.4, 0.5) is 0 Å². The number of rotatable bonds is 6.